The van der Waals surface area contributed by atoms with E-state index < -0.39 is 17.8 Å². The monoisotopic (exact) mass is 359 g/mol. The molecule has 3 heterocycles. The molecule has 0 aliphatic carbocycles. The quantitative estimate of drug-likeness (QED) is 0.641. The number of nitrogens with one attached hydrogen (secondary N) is 1. The lowest BCUT2D eigenvalue weighted by molar-refractivity contribution is -0.217. The van der Waals surface area contributed by atoms with Crippen molar-refractivity contribution in [2.45, 2.75) is 26.2 Å². The van der Waals surface area contributed by atoms with E-state index in [9.17, 15) is 9.59 Å². The second-order valence-electron chi connectivity index (χ2n) is 6.26. The first-order chi connectivity index (χ1) is 12.5. The molecule has 1 aromatic heterocycles. The van der Waals surface area contributed by atoms with Crippen molar-refractivity contribution in [3.8, 4) is 5.75 Å². The highest BCUT2D eigenvalue weighted by atomic mass is 16.8. The number of esters is 2. The molecule has 26 heavy (non-hydrogen) atoms. The third-order valence-corrected chi connectivity index (χ3v) is 3.81. The Hall–Kier alpha value is -2.87. The van der Waals surface area contributed by atoms with Gasteiger partial charge in [0.25, 0.3) is 0 Å². The van der Waals surface area contributed by atoms with Crippen LogP contribution in [-0.4, -0.2) is 42.5 Å². The van der Waals surface area contributed by atoms with Crippen LogP contribution in [0.2, 0.25) is 0 Å². The fraction of sp³-hybridized carbons (Fsp3) is 0.389. The molecule has 1 aromatic rings. The largest absolute Gasteiger partial charge is 0.463 e. The fourth-order valence-corrected chi connectivity index (χ4v) is 2.73. The molecule has 0 unspecified atom stereocenters. The lowest BCUT2D eigenvalue weighted by Crippen LogP contribution is -2.58. The molecule has 2 aliphatic heterocycles. The van der Waals surface area contributed by atoms with Crippen molar-refractivity contribution in [3.63, 3.8) is 0 Å². The molecular weight excluding hydrogens is 338 g/mol. The Labute approximate surface area is 151 Å². The third kappa shape index (κ3) is 4.02. The number of anilines is 1. The van der Waals surface area contributed by atoms with Crippen molar-refractivity contribution in [1.82, 2.24) is 10.3 Å². The minimum absolute atomic E-state index is 0.144. The number of hydrogen-bond donors (Lipinski definition) is 1. The number of pyridine rings is 1. The number of hydrogen-bond acceptors (Lipinski definition) is 8. The molecule has 1 N–H and O–H groups in total. The van der Waals surface area contributed by atoms with Gasteiger partial charge in [-0.1, -0.05) is 0 Å². The molecule has 0 atom stereocenters. The Balaban J connectivity index is 1.97. The number of ether oxygens (including phenoxy) is 3. The van der Waals surface area contributed by atoms with Gasteiger partial charge in [-0.15, -0.1) is 0 Å². The van der Waals surface area contributed by atoms with Crippen LogP contribution in [0.1, 0.15) is 20.3 Å². The Bertz CT molecular complexity index is 735. The molecule has 0 aromatic carbocycles. The molecule has 1 saturated heterocycles. The second-order valence-corrected chi connectivity index (χ2v) is 6.26. The number of nitrogens with zero attached hydrogens (tertiary/aromatic N) is 2. The molecule has 138 valence electrons. The van der Waals surface area contributed by atoms with Gasteiger partial charge < -0.3 is 19.5 Å². The first kappa shape index (κ1) is 17.9. The predicted octanol–water partition coefficient (Wildman–Crippen LogP) is 1.49. The highest BCUT2D eigenvalue weighted by molar-refractivity contribution is 5.93. The molecule has 0 amide bonds. The van der Waals surface area contributed by atoms with Gasteiger partial charge in [0, 0.05) is 24.8 Å². The maximum Gasteiger partial charge on any atom is 0.356 e. The number of rotatable bonds is 3. The van der Waals surface area contributed by atoms with E-state index in [0.717, 1.165) is 24.1 Å². The average molecular weight is 359 g/mol. The van der Waals surface area contributed by atoms with Gasteiger partial charge in [0.05, 0.1) is 30.9 Å². The van der Waals surface area contributed by atoms with E-state index in [4.69, 9.17) is 14.2 Å². The van der Waals surface area contributed by atoms with E-state index >= 15 is 0 Å². The SMILES string of the molecule is CC(C)=COc1cncc(N2CCCNCC23OC(=O)C=CC(=O)O3)c1. The van der Waals surface area contributed by atoms with Crippen molar-refractivity contribution in [3.05, 3.63) is 42.4 Å². The molecule has 3 rings (SSSR count). The van der Waals surface area contributed by atoms with Crippen molar-refractivity contribution in [2.75, 3.05) is 24.5 Å². The van der Waals surface area contributed by atoms with E-state index in [2.05, 4.69) is 10.3 Å². The van der Waals surface area contributed by atoms with Gasteiger partial charge in [0.1, 0.15) is 5.75 Å². The molecule has 8 heteroatoms. The summed E-state index contributed by atoms with van der Waals surface area (Å²) in [7, 11) is 0. The summed E-state index contributed by atoms with van der Waals surface area (Å²) in [6, 6.07) is 1.76. The van der Waals surface area contributed by atoms with Crippen LogP contribution in [-0.2, 0) is 19.1 Å². The maximum atomic E-state index is 12.0. The van der Waals surface area contributed by atoms with Gasteiger partial charge in [0.15, 0.2) is 0 Å². The van der Waals surface area contributed by atoms with Gasteiger partial charge in [-0.2, -0.15) is 0 Å². The summed E-state index contributed by atoms with van der Waals surface area (Å²) in [6.45, 7) is 5.18. The summed E-state index contributed by atoms with van der Waals surface area (Å²) in [5, 5.41) is 3.15. The molecule has 8 nitrogen and oxygen atoms in total. The molecular formula is C18H21N3O5. The zero-order chi connectivity index (χ0) is 18.6. The smallest absolute Gasteiger partial charge is 0.356 e. The molecule has 0 saturated carbocycles. The summed E-state index contributed by atoms with van der Waals surface area (Å²) in [5.41, 5.74) is 1.62. The fourth-order valence-electron chi connectivity index (χ4n) is 2.73. The van der Waals surface area contributed by atoms with Gasteiger partial charge in [-0.05, 0) is 32.4 Å². The Morgan fingerprint density at radius 2 is 2.00 bits per heavy atom. The Morgan fingerprint density at radius 1 is 1.27 bits per heavy atom. The molecule has 0 radical (unpaired) electrons. The summed E-state index contributed by atoms with van der Waals surface area (Å²) in [4.78, 5) is 29.9. The third-order valence-electron chi connectivity index (χ3n) is 3.81. The van der Waals surface area contributed by atoms with E-state index in [-0.39, 0.29) is 6.54 Å². The highest BCUT2D eigenvalue weighted by Gasteiger charge is 2.47. The number of aromatic nitrogens is 1. The summed E-state index contributed by atoms with van der Waals surface area (Å²) in [5.74, 6) is -2.34. The summed E-state index contributed by atoms with van der Waals surface area (Å²) in [6.07, 6.45) is 7.71. The van der Waals surface area contributed by atoms with Crippen molar-refractivity contribution in [2.24, 2.45) is 0 Å². The maximum absolute atomic E-state index is 12.0. The molecule has 2 aliphatic rings. The predicted molar refractivity (Wildman–Crippen MR) is 93.2 cm³/mol. The summed E-state index contributed by atoms with van der Waals surface area (Å²) < 4.78 is 16.6. The van der Waals surface area contributed by atoms with Crippen LogP contribution in [0.3, 0.4) is 0 Å². The summed E-state index contributed by atoms with van der Waals surface area (Å²) >= 11 is 0. The van der Waals surface area contributed by atoms with Crippen LogP contribution in [0.15, 0.2) is 42.4 Å². The van der Waals surface area contributed by atoms with E-state index in [0.29, 0.717) is 24.5 Å². The molecule has 1 spiro atoms. The molecule has 0 bridgehead atoms. The number of carbonyl (C=O) groups is 2. The normalized spacial score (nSPS) is 19.2. The Morgan fingerprint density at radius 3 is 2.69 bits per heavy atom. The van der Waals surface area contributed by atoms with E-state index in [1.165, 1.54) is 0 Å². The number of allylic oxidation sites excluding steroid dienone is 1. The van der Waals surface area contributed by atoms with E-state index in [1.807, 2.05) is 13.8 Å². The number of carbonyl (C=O) groups excluding carboxylic acids is 2. The van der Waals surface area contributed by atoms with Crippen LogP contribution in [0, 0.1) is 0 Å². The van der Waals surface area contributed by atoms with Crippen molar-refractivity contribution < 1.29 is 23.8 Å². The topological polar surface area (TPSA) is 90.0 Å². The van der Waals surface area contributed by atoms with Crippen LogP contribution < -0.4 is 15.0 Å². The minimum Gasteiger partial charge on any atom is -0.463 e. The zero-order valence-electron chi connectivity index (χ0n) is 14.7. The van der Waals surface area contributed by atoms with Crippen LogP contribution >= 0.6 is 0 Å². The van der Waals surface area contributed by atoms with Crippen molar-refractivity contribution >= 4 is 17.6 Å². The van der Waals surface area contributed by atoms with Gasteiger partial charge >= 0.3 is 17.8 Å². The first-order valence-electron chi connectivity index (χ1n) is 8.36. The zero-order valence-corrected chi connectivity index (χ0v) is 14.7. The van der Waals surface area contributed by atoms with Crippen LogP contribution in [0.25, 0.3) is 0 Å². The standard InChI is InChI=1S/C18H21N3O5/c1-13(2)11-24-15-8-14(9-20-10-15)21-7-3-6-19-12-18(21)25-16(22)4-5-17(23)26-18/h4-5,8-11,19H,3,6-7,12H2,1-2H3. The second kappa shape index (κ2) is 7.57. The van der Waals surface area contributed by atoms with Crippen molar-refractivity contribution in [1.29, 1.82) is 0 Å². The molecule has 1 fully saturated rings. The van der Waals surface area contributed by atoms with Gasteiger partial charge in [-0.25, -0.2) is 9.59 Å². The first-order valence-corrected chi connectivity index (χ1v) is 8.36. The minimum atomic E-state index is -1.58. The lowest BCUT2D eigenvalue weighted by Gasteiger charge is -2.40. The van der Waals surface area contributed by atoms with Gasteiger partial charge in [0.2, 0.25) is 0 Å². The lowest BCUT2D eigenvalue weighted by atomic mass is 10.2. The van der Waals surface area contributed by atoms with Crippen LogP contribution in [0.5, 0.6) is 5.75 Å². The Kier molecular flexibility index (Phi) is 5.22. The highest BCUT2D eigenvalue weighted by Crippen LogP contribution is 2.31. The van der Waals surface area contributed by atoms with E-state index in [1.54, 1.807) is 29.6 Å². The van der Waals surface area contributed by atoms with Crippen LogP contribution in [0.4, 0.5) is 5.69 Å². The average Bonchev–Trinajstić information content (AvgIpc) is 2.89. The van der Waals surface area contributed by atoms with Gasteiger partial charge in [-0.3, -0.25) is 9.88 Å².